The second-order valence-electron chi connectivity index (χ2n) is 7.89. The monoisotopic (exact) mass is 432 g/mol. The van der Waals surface area contributed by atoms with Gasteiger partial charge in [0, 0.05) is 25.7 Å². The fourth-order valence-corrected chi connectivity index (χ4v) is 2.95. The summed E-state index contributed by atoms with van der Waals surface area (Å²) >= 11 is 0. The van der Waals surface area contributed by atoms with Crippen LogP contribution in [0.15, 0.2) is 50.0 Å². The quantitative estimate of drug-likeness (QED) is 0.208. The fourth-order valence-electron chi connectivity index (χ4n) is 2.95. The van der Waals surface area contributed by atoms with Gasteiger partial charge in [-0.05, 0) is 45.3 Å². The summed E-state index contributed by atoms with van der Waals surface area (Å²) < 4.78 is 19.9. The van der Waals surface area contributed by atoms with Gasteiger partial charge in [-0.1, -0.05) is 0 Å². The second-order valence-corrected chi connectivity index (χ2v) is 7.89. The van der Waals surface area contributed by atoms with Crippen LogP contribution in [0.2, 0.25) is 0 Å². The van der Waals surface area contributed by atoms with Crippen molar-refractivity contribution >= 4 is 23.7 Å². The van der Waals surface area contributed by atoms with Crippen LogP contribution in [0.5, 0.6) is 0 Å². The molecule has 1 heterocycles. The minimum Gasteiger partial charge on any atom is -0.485 e. The third-order valence-electron chi connectivity index (χ3n) is 5.06. The first-order valence-corrected chi connectivity index (χ1v) is 10.2. The first kappa shape index (κ1) is 24.3. The maximum Gasteiger partial charge on any atom is 0.151 e. The lowest BCUT2D eigenvalue weighted by atomic mass is 10.00. The molecule has 1 fully saturated rings. The zero-order chi connectivity index (χ0) is 23.2. The van der Waals surface area contributed by atoms with Gasteiger partial charge in [-0.15, -0.1) is 0 Å². The lowest BCUT2D eigenvalue weighted by Gasteiger charge is -2.27. The number of nitrogens with one attached hydrogen (secondary N) is 1. The van der Waals surface area contributed by atoms with Gasteiger partial charge in [0.15, 0.2) is 5.76 Å². The van der Waals surface area contributed by atoms with Crippen LogP contribution < -0.4 is 17.2 Å². The molecule has 170 valence electrons. The van der Waals surface area contributed by atoms with E-state index in [-0.39, 0.29) is 22.8 Å². The first-order chi connectivity index (χ1) is 14.6. The van der Waals surface area contributed by atoms with E-state index in [0.717, 1.165) is 12.8 Å². The van der Waals surface area contributed by atoms with E-state index in [2.05, 4.69) is 15.0 Å². The Morgan fingerprint density at radius 2 is 2.06 bits per heavy atom. The highest BCUT2D eigenvalue weighted by Gasteiger charge is 2.40. The van der Waals surface area contributed by atoms with Crippen molar-refractivity contribution in [3.05, 3.63) is 35.0 Å². The zero-order valence-electron chi connectivity index (χ0n) is 18.7. The number of nitrogens with two attached hydrogens (primary N) is 3. The molecule has 1 atom stereocenters. The Balaban J connectivity index is 2.27. The van der Waals surface area contributed by atoms with Gasteiger partial charge in [-0.3, -0.25) is 15.4 Å². The summed E-state index contributed by atoms with van der Waals surface area (Å²) in [6, 6.07) is -0.556. The Kier molecular flexibility index (Phi) is 8.09. The highest BCUT2D eigenvalue weighted by atomic mass is 19.1. The third kappa shape index (κ3) is 6.74. The van der Waals surface area contributed by atoms with E-state index in [1.165, 1.54) is 19.3 Å². The van der Waals surface area contributed by atoms with Crippen LogP contribution in [0.25, 0.3) is 0 Å². The molecule has 0 spiro atoms. The summed E-state index contributed by atoms with van der Waals surface area (Å²) in [5.74, 6) is 0.765. The molecule has 0 bridgehead atoms. The average molecular weight is 433 g/mol. The lowest BCUT2D eigenvalue weighted by molar-refractivity contribution is 0.113. The molecule has 0 aromatic rings. The van der Waals surface area contributed by atoms with Crippen LogP contribution >= 0.6 is 0 Å². The maximum atomic E-state index is 14.1. The number of rotatable bonds is 7. The molecular formula is C21H33FN8O. The van der Waals surface area contributed by atoms with Crippen LogP contribution in [-0.2, 0) is 4.74 Å². The smallest absolute Gasteiger partial charge is 0.151 e. The first-order valence-electron chi connectivity index (χ1n) is 10.2. The van der Waals surface area contributed by atoms with Crippen molar-refractivity contribution in [2.75, 3.05) is 26.7 Å². The van der Waals surface area contributed by atoms with E-state index in [0.29, 0.717) is 36.9 Å². The molecule has 0 amide bonds. The number of allylic oxidation sites excluding steroid dienone is 3. The maximum absolute atomic E-state index is 14.1. The minimum absolute atomic E-state index is 0.00895. The van der Waals surface area contributed by atoms with E-state index in [4.69, 9.17) is 27.3 Å². The summed E-state index contributed by atoms with van der Waals surface area (Å²) in [5.41, 5.74) is 17.8. The Labute approximate surface area is 182 Å². The topological polar surface area (TPSA) is 151 Å². The van der Waals surface area contributed by atoms with Gasteiger partial charge >= 0.3 is 0 Å². The van der Waals surface area contributed by atoms with Gasteiger partial charge in [0.05, 0.1) is 30.8 Å². The van der Waals surface area contributed by atoms with E-state index in [1.54, 1.807) is 20.0 Å². The molecule has 9 nitrogen and oxygen atoms in total. The number of amidine groups is 2. The molecule has 2 rings (SSSR count). The summed E-state index contributed by atoms with van der Waals surface area (Å²) in [6.07, 6.45) is 5.98. The molecule has 0 aromatic carbocycles. The molecule has 7 N–H and O–H groups in total. The third-order valence-corrected chi connectivity index (χ3v) is 5.06. The van der Waals surface area contributed by atoms with Crippen LogP contribution in [-0.4, -0.2) is 66.9 Å². The van der Waals surface area contributed by atoms with Crippen molar-refractivity contribution in [1.29, 1.82) is 5.41 Å². The van der Waals surface area contributed by atoms with Gasteiger partial charge < -0.3 is 26.8 Å². The number of hydrogen-bond donors (Lipinski definition) is 4. The Morgan fingerprint density at radius 3 is 2.58 bits per heavy atom. The number of nitrogens with zero attached hydrogens (tertiary/aromatic N) is 4. The Morgan fingerprint density at radius 1 is 1.39 bits per heavy atom. The highest BCUT2D eigenvalue weighted by molar-refractivity contribution is 6.14. The standard InChI is InChI=1S/C21H33FN8O/c1-13(22)17(31-21(3)5-6-21)9-15(14(2)24)20(26)16(25)10-19(27-4)30-8-7-28-18(11-30)29-12-23/h9-10,12,14,26H,5-8,11,24-25H2,1-4H3,(H2,23,28,29)/b15-9+,16-10?,17-13-,26-20?,27-19?. The molecule has 31 heavy (non-hydrogen) atoms. The molecule has 2 aliphatic rings. The molecule has 1 aliphatic heterocycles. The zero-order valence-corrected chi connectivity index (χ0v) is 18.7. The second kappa shape index (κ2) is 10.3. The molecule has 0 aromatic heterocycles. The average Bonchev–Trinajstić information content (AvgIpc) is 3.45. The Bertz CT molecular complexity index is 874. The van der Waals surface area contributed by atoms with Crippen LogP contribution in [0, 0.1) is 5.41 Å². The van der Waals surface area contributed by atoms with Crippen molar-refractivity contribution in [2.24, 2.45) is 32.2 Å². The minimum atomic E-state index is -0.556. The molecule has 0 radical (unpaired) electrons. The van der Waals surface area contributed by atoms with E-state index >= 15 is 0 Å². The van der Waals surface area contributed by atoms with Gasteiger partial charge in [0.1, 0.15) is 23.1 Å². The van der Waals surface area contributed by atoms with Gasteiger partial charge in [-0.25, -0.2) is 9.38 Å². The molecule has 1 saturated carbocycles. The van der Waals surface area contributed by atoms with Crippen LogP contribution in [0.3, 0.4) is 0 Å². The van der Waals surface area contributed by atoms with Crippen molar-refractivity contribution < 1.29 is 9.13 Å². The number of hydrogen-bond acceptors (Lipinski definition) is 7. The summed E-state index contributed by atoms with van der Waals surface area (Å²) in [7, 11) is 1.64. The van der Waals surface area contributed by atoms with Gasteiger partial charge in [-0.2, -0.15) is 0 Å². The number of halogens is 1. The molecule has 1 aliphatic carbocycles. The number of ether oxygens (including phenoxy) is 1. The largest absolute Gasteiger partial charge is 0.485 e. The van der Waals surface area contributed by atoms with E-state index < -0.39 is 11.9 Å². The van der Waals surface area contributed by atoms with Crippen molar-refractivity contribution in [3.8, 4) is 0 Å². The molecule has 1 unspecified atom stereocenters. The lowest BCUT2D eigenvalue weighted by Crippen LogP contribution is -2.40. The van der Waals surface area contributed by atoms with E-state index in [1.807, 2.05) is 11.8 Å². The van der Waals surface area contributed by atoms with E-state index in [9.17, 15) is 4.39 Å². The predicted octanol–water partition coefficient (Wildman–Crippen LogP) is 1.62. The van der Waals surface area contributed by atoms with Gasteiger partial charge in [0.25, 0.3) is 0 Å². The fraction of sp³-hybridized carbons (Fsp3) is 0.524. The SMILES string of the molecule is CN=C(C=C(N)C(=N)/C(=C/C(OC1(C)CC1)=C(\C)F)C(C)N)N1CCN=C(N=CN)C1. The van der Waals surface area contributed by atoms with Crippen molar-refractivity contribution in [3.63, 3.8) is 0 Å². The normalized spacial score (nSPS) is 21.5. The molecule has 0 saturated heterocycles. The summed E-state index contributed by atoms with van der Waals surface area (Å²) in [4.78, 5) is 14.6. The van der Waals surface area contributed by atoms with Gasteiger partial charge in [0.2, 0.25) is 0 Å². The highest BCUT2D eigenvalue weighted by Crippen LogP contribution is 2.41. The van der Waals surface area contributed by atoms with Crippen molar-refractivity contribution in [2.45, 2.75) is 45.3 Å². The molecule has 10 heteroatoms. The summed E-state index contributed by atoms with van der Waals surface area (Å²) in [5, 5.41) is 8.57. The summed E-state index contributed by atoms with van der Waals surface area (Å²) in [6.45, 7) is 6.55. The van der Waals surface area contributed by atoms with Crippen LogP contribution in [0.4, 0.5) is 4.39 Å². The predicted molar refractivity (Wildman–Crippen MR) is 124 cm³/mol. The Hall–Kier alpha value is -3.01. The molecular weight excluding hydrogens is 399 g/mol. The van der Waals surface area contributed by atoms with Crippen molar-refractivity contribution in [1.82, 2.24) is 4.90 Å². The van der Waals surface area contributed by atoms with Crippen LogP contribution in [0.1, 0.15) is 33.6 Å². The number of aliphatic imine (C=N–C) groups is 3.